The first-order chi connectivity index (χ1) is 12.0. The molecule has 1 unspecified atom stereocenters. The molecule has 0 radical (unpaired) electrons. The predicted octanol–water partition coefficient (Wildman–Crippen LogP) is 3.04. The number of hydrogen-bond donors (Lipinski definition) is 1. The Hall–Kier alpha value is -3.02. The summed E-state index contributed by atoms with van der Waals surface area (Å²) in [4.78, 5) is 25.5. The number of rotatable bonds is 6. The third-order valence-electron chi connectivity index (χ3n) is 3.37. The van der Waals surface area contributed by atoms with E-state index in [1.165, 1.54) is 4.90 Å². The number of nitrogens with zero attached hydrogens (tertiary/aromatic N) is 1. The summed E-state index contributed by atoms with van der Waals surface area (Å²) in [6.45, 7) is 1.96. The van der Waals surface area contributed by atoms with E-state index in [-0.39, 0.29) is 5.91 Å². The lowest BCUT2D eigenvalue weighted by Gasteiger charge is -2.19. The van der Waals surface area contributed by atoms with Crippen molar-refractivity contribution in [2.45, 2.75) is 19.8 Å². The van der Waals surface area contributed by atoms with Crippen LogP contribution >= 0.6 is 0 Å². The van der Waals surface area contributed by atoms with Crippen LogP contribution in [0.25, 0.3) is 0 Å². The maximum absolute atomic E-state index is 12.2. The topological polar surface area (TPSA) is 67.9 Å². The number of ether oxygens (including phenoxy) is 2. The Morgan fingerprint density at radius 2 is 1.68 bits per heavy atom. The predicted molar refractivity (Wildman–Crippen MR) is 94.3 cm³/mol. The van der Waals surface area contributed by atoms with Gasteiger partial charge in [0.25, 0.3) is 5.91 Å². The molecule has 0 bridgehead atoms. The summed E-state index contributed by atoms with van der Waals surface area (Å²) in [5.74, 6) is 0.181. The molecule has 0 spiro atoms. The Labute approximate surface area is 147 Å². The zero-order chi connectivity index (χ0) is 18.2. The third kappa shape index (κ3) is 5.53. The minimum atomic E-state index is -0.841. The Balaban J connectivity index is 1.91. The first kappa shape index (κ1) is 18.3. The maximum Gasteiger partial charge on any atom is 0.410 e. The molecule has 6 nitrogen and oxygen atoms in total. The van der Waals surface area contributed by atoms with Crippen molar-refractivity contribution in [2.24, 2.45) is 0 Å². The van der Waals surface area contributed by atoms with Gasteiger partial charge in [-0.25, -0.2) is 4.79 Å². The number of hydrogen-bond acceptors (Lipinski definition) is 4. The average Bonchev–Trinajstić information content (AvgIpc) is 2.60. The number of carbonyl (C=O) groups is 2. The van der Waals surface area contributed by atoms with Crippen LogP contribution < -0.4 is 10.1 Å². The molecule has 0 aromatic heterocycles. The summed E-state index contributed by atoms with van der Waals surface area (Å²) in [6.07, 6.45) is -1.43. The van der Waals surface area contributed by atoms with Crippen molar-refractivity contribution in [3.63, 3.8) is 0 Å². The Kier molecular flexibility index (Phi) is 6.39. The summed E-state index contributed by atoms with van der Waals surface area (Å²) in [5.41, 5.74) is 1.38. The first-order valence-electron chi connectivity index (χ1n) is 7.93. The second-order valence-corrected chi connectivity index (χ2v) is 5.63. The number of benzene rings is 2. The van der Waals surface area contributed by atoms with Crippen LogP contribution in [-0.2, 0) is 11.3 Å². The highest BCUT2D eigenvalue weighted by Gasteiger charge is 2.17. The number of carbonyl (C=O) groups excluding carboxylic acids is 2. The van der Waals surface area contributed by atoms with Crippen LogP contribution in [0.4, 0.5) is 4.79 Å². The standard InChI is InChI=1S/C19H22N2O4/c1-14(25-19(23)20-13-15-9-5-4-6-10-15)24-17-12-8-7-11-16(17)18(22)21(2)3/h4-12,14H,13H2,1-3H3,(H,20,23). The molecule has 0 saturated heterocycles. The van der Waals surface area contributed by atoms with E-state index in [0.29, 0.717) is 17.9 Å². The highest BCUT2D eigenvalue weighted by Crippen LogP contribution is 2.20. The van der Waals surface area contributed by atoms with Gasteiger partial charge in [0.1, 0.15) is 5.75 Å². The molecule has 1 N–H and O–H groups in total. The molecular weight excluding hydrogens is 320 g/mol. The lowest BCUT2D eigenvalue weighted by atomic mass is 10.2. The fraction of sp³-hybridized carbons (Fsp3) is 0.263. The van der Waals surface area contributed by atoms with E-state index in [1.54, 1.807) is 45.3 Å². The molecule has 0 saturated carbocycles. The molecule has 1 atom stereocenters. The third-order valence-corrected chi connectivity index (χ3v) is 3.37. The zero-order valence-corrected chi connectivity index (χ0v) is 14.6. The maximum atomic E-state index is 12.2. The Morgan fingerprint density at radius 3 is 2.36 bits per heavy atom. The van der Waals surface area contributed by atoms with Gasteiger partial charge in [0, 0.05) is 27.6 Å². The van der Waals surface area contributed by atoms with Crippen molar-refractivity contribution in [3.8, 4) is 5.75 Å². The second-order valence-electron chi connectivity index (χ2n) is 5.63. The molecule has 2 aromatic rings. The first-order valence-corrected chi connectivity index (χ1v) is 7.93. The molecule has 25 heavy (non-hydrogen) atoms. The highest BCUT2D eigenvalue weighted by atomic mass is 16.7. The van der Waals surface area contributed by atoms with Crippen molar-refractivity contribution in [2.75, 3.05) is 14.1 Å². The monoisotopic (exact) mass is 342 g/mol. The van der Waals surface area contributed by atoms with Gasteiger partial charge < -0.3 is 19.7 Å². The molecule has 132 valence electrons. The van der Waals surface area contributed by atoms with Crippen LogP contribution in [0.2, 0.25) is 0 Å². The van der Waals surface area contributed by atoms with E-state index >= 15 is 0 Å². The van der Waals surface area contributed by atoms with Gasteiger partial charge in [-0.05, 0) is 17.7 Å². The molecule has 2 amide bonds. The number of nitrogens with one attached hydrogen (secondary N) is 1. The van der Waals surface area contributed by atoms with Gasteiger partial charge in [0.15, 0.2) is 0 Å². The molecule has 0 aliphatic carbocycles. The van der Waals surface area contributed by atoms with Gasteiger partial charge in [-0.15, -0.1) is 0 Å². The Morgan fingerprint density at radius 1 is 1.04 bits per heavy atom. The summed E-state index contributed by atoms with van der Waals surface area (Å²) >= 11 is 0. The molecule has 0 aliphatic rings. The van der Waals surface area contributed by atoms with Gasteiger partial charge in [-0.3, -0.25) is 4.79 Å². The van der Waals surface area contributed by atoms with E-state index in [9.17, 15) is 9.59 Å². The fourth-order valence-corrected chi connectivity index (χ4v) is 2.15. The molecule has 6 heteroatoms. The molecule has 2 aromatic carbocycles. The fourth-order valence-electron chi connectivity index (χ4n) is 2.15. The van der Waals surface area contributed by atoms with E-state index in [2.05, 4.69) is 5.32 Å². The van der Waals surface area contributed by atoms with Crippen LogP contribution in [0.1, 0.15) is 22.8 Å². The minimum Gasteiger partial charge on any atom is -0.454 e. The Bertz CT molecular complexity index is 716. The van der Waals surface area contributed by atoms with Crippen LogP contribution in [-0.4, -0.2) is 37.3 Å². The van der Waals surface area contributed by atoms with Crippen molar-refractivity contribution in [1.82, 2.24) is 10.2 Å². The lowest BCUT2D eigenvalue weighted by Crippen LogP contribution is -2.30. The van der Waals surface area contributed by atoms with Gasteiger partial charge in [0.2, 0.25) is 6.29 Å². The lowest BCUT2D eigenvalue weighted by molar-refractivity contribution is -0.0187. The van der Waals surface area contributed by atoms with Gasteiger partial charge in [0.05, 0.1) is 5.56 Å². The van der Waals surface area contributed by atoms with Crippen LogP contribution in [0, 0.1) is 0 Å². The van der Waals surface area contributed by atoms with Crippen molar-refractivity contribution >= 4 is 12.0 Å². The van der Waals surface area contributed by atoms with E-state index < -0.39 is 12.4 Å². The smallest absolute Gasteiger partial charge is 0.410 e. The van der Waals surface area contributed by atoms with E-state index in [4.69, 9.17) is 9.47 Å². The summed E-state index contributed by atoms with van der Waals surface area (Å²) in [5, 5.41) is 2.65. The second kappa shape index (κ2) is 8.73. The molecule has 0 fully saturated rings. The van der Waals surface area contributed by atoms with Crippen molar-refractivity contribution < 1.29 is 19.1 Å². The van der Waals surface area contributed by atoms with E-state index in [0.717, 1.165) is 5.56 Å². The van der Waals surface area contributed by atoms with Crippen LogP contribution in [0.3, 0.4) is 0 Å². The molecular formula is C19H22N2O4. The summed E-state index contributed by atoms with van der Waals surface area (Å²) in [7, 11) is 3.33. The summed E-state index contributed by atoms with van der Waals surface area (Å²) < 4.78 is 10.8. The molecule has 2 rings (SSSR count). The van der Waals surface area contributed by atoms with Crippen LogP contribution in [0.5, 0.6) is 5.75 Å². The molecule has 0 aliphatic heterocycles. The number of para-hydroxylation sites is 1. The van der Waals surface area contributed by atoms with E-state index in [1.807, 2.05) is 30.3 Å². The van der Waals surface area contributed by atoms with Crippen LogP contribution in [0.15, 0.2) is 54.6 Å². The minimum absolute atomic E-state index is 0.184. The number of alkyl carbamates (subject to hydrolysis) is 1. The normalized spacial score (nSPS) is 11.3. The molecule has 0 heterocycles. The largest absolute Gasteiger partial charge is 0.454 e. The SMILES string of the molecule is CC(OC(=O)NCc1ccccc1)Oc1ccccc1C(=O)N(C)C. The van der Waals surface area contributed by atoms with Crippen molar-refractivity contribution in [1.29, 1.82) is 0 Å². The number of amides is 2. The van der Waals surface area contributed by atoms with Gasteiger partial charge in [-0.1, -0.05) is 42.5 Å². The zero-order valence-electron chi connectivity index (χ0n) is 14.6. The summed E-state index contributed by atoms with van der Waals surface area (Å²) in [6, 6.07) is 16.3. The quantitative estimate of drug-likeness (QED) is 0.820. The average molecular weight is 342 g/mol. The van der Waals surface area contributed by atoms with Crippen molar-refractivity contribution in [3.05, 3.63) is 65.7 Å². The highest BCUT2D eigenvalue weighted by molar-refractivity contribution is 5.96. The van der Waals surface area contributed by atoms with Gasteiger partial charge >= 0.3 is 6.09 Å². The van der Waals surface area contributed by atoms with Gasteiger partial charge in [-0.2, -0.15) is 0 Å².